The summed E-state index contributed by atoms with van der Waals surface area (Å²) in [4.78, 5) is 7.71. The van der Waals surface area contributed by atoms with Crippen LogP contribution < -0.4 is 0 Å². The molecule has 0 bridgehead atoms. The zero-order valence-electron chi connectivity index (χ0n) is 16.7. The van der Waals surface area contributed by atoms with E-state index in [0.717, 1.165) is 16.8 Å². The first-order chi connectivity index (χ1) is 14.5. The molecule has 0 aromatic heterocycles. The Kier molecular flexibility index (Phi) is 8.39. The maximum Gasteiger partial charge on any atom is 0.145 e. The van der Waals surface area contributed by atoms with Crippen LogP contribution in [-0.2, 0) is 16.1 Å². The minimum absolute atomic E-state index is 0.141. The molecule has 0 radical (unpaired) electrons. The Morgan fingerprint density at radius 1 is 1.27 bits per heavy atom. The predicted molar refractivity (Wildman–Crippen MR) is 116 cm³/mol. The molecule has 1 heterocycles. The van der Waals surface area contributed by atoms with E-state index in [-0.39, 0.29) is 18.5 Å². The van der Waals surface area contributed by atoms with Crippen LogP contribution in [-0.4, -0.2) is 54.2 Å². The first-order valence-electron chi connectivity index (χ1n) is 9.85. The molecule has 2 atom stereocenters. The summed E-state index contributed by atoms with van der Waals surface area (Å²) in [6, 6.07) is 13.9. The van der Waals surface area contributed by atoms with Crippen LogP contribution in [0.5, 0.6) is 0 Å². The van der Waals surface area contributed by atoms with Crippen molar-refractivity contribution in [3.63, 3.8) is 0 Å². The molecule has 160 valence electrons. The van der Waals surface area contributed by atoms with Crippen LogP contribution in [0.3, 0.4) is 0 Å². The molecule has 2 unspecified atom stereocenters. The second-order valence-electron chi connectivity index (χ2n) is 7.28. The van der Waals surface area contributed by atoms with Gasteiger partial charge in [-0.3, -0.25) is 4.90 Å². The van der Waals surface area contributed by atoms with E-state index < -0.39 is 6.10 Å². The highest BCUT2D eigenvalue weighted by Crippen LogP contribution is 2.20. The van der Waals surface area contributed by atoms with Crippen molar-refractivity contribution in [2.24, 2.45) is 5.16 Å². The first-order valence-corrected chi connectivity index (χ1v) is 10.2. The van der Waals surface area contributed by atoms with Crippen LogP contribution in [0.2, 0.25) is 5.02 Å². The molecule has 5 nitrogen and oxygen atoms in total. The number of hydrogen-bond acceptors (Lipinski definition) is 5. The van der Waals surface area contributed by atoms with Crippen molar-refractivity contribution in [3.8, 4) is 0 Å². The predicted octanol–water partition coefficient (Wildman–Crippen LogP) is 4.04. The fourth-order valence-electron chi connectivity index (χ4n) is 3.32. The Morgan fingerprint density at radius 3 is 2.70 bits per heavy atom. The zero-order valence-corrected chi connectivity index (χ0v) is 17.5. The van der Waals surface area contributed by atoms with E-state index in [2.05, 4.69) is 16.6 Å². The van der Waals surface area contributed by atoms with Gasteiger partial charge in [0.2, 0.25) is 0 Å². The average molecular weight is 433 g/mol. The van der Waals surface area contributed by atoms with E-state index >= 15 is 0 Å². The summed E-state index contributed by atoms with van der Waals surface area (Å²) >= 11 is 5.96. The van der Waals surface area contributed by atoms with E-state index in [0.29, 0.717) is 37.7 Å². The van der Waals surface area contributed by atoms with Gasteiger partial charge in [0.15, 0.2) is 0 Å². The van der Waals surface area contributed by atoms with E-state index in [9.17, 15) is 9.50 Å². The molecule has 1 aliphatic heterocycles. The molecule has 1 aliphatic rings. The maximum atomic E-state index is 13.2. The van der Waals surface area contributed by atoms with Crippen molar-refractivity contribution in [3.05, 3.63) is 83.2 Å². The largest absolute Gasteiger partial charge is 0.390 e. The Balaban J connectivity index is 1.60. The third-order valence-electron chi connectivity index (χ3n) is 4.71. The van der Waals surface area contributed by atoms with Gasteiger partial charge in [-0.1, -0.05) is 47.1 Å². The minimum Gasteiger partial charge on any atom is -0.390 e. The molecular weight excluding hydrogens is 407 g/mol. The molecule has 2 aromatic rings. The van der Waals surface area contributed by atoms with Crippen molar-refractivity contribution in [1.82, 2.24) is 4.90 Å². The van der Waals surface area contributed by atoms with Gasteiger partial charge in [0, 0.05) is 31.1 Å². The van der Waals surface area contributed by atoms with E-state index in [1.54, 1.807) is 18.2 Å². The second kappa shape index (κ2) is 11.2. The normalized spacial score (nSPS) is 16.9. The molecule has 0 aliphatic carbocycles. The lowest BCUT2D eigenvalue weighted by atomic mass is 10.0. The molecule has 2 aromatic carbocycles. The number of aliphatic hydroxyl groups is 1. The topological polar surface area (TPSA) is 54.3 Å². The van der Waals surface area contributed by atoms with Crippen LogP contribution in [0, 0.1) is 5.82 Å². The number of aliphatic hydroxyl groups excluding tert-OH is 1. The lowest BCUT2D eigenvalue weighted by Gasteiger charge is -2.27. The molecule has 30 heavy (non-hydrogen) atoms. The molecule has 7 heteroatoms. The molecular formula is C23H26ClFN2O3. The van der Waals surface area contributed by atoms with E-state index in [4.69, 9.17) is 21.2 Å². The highest BCUT2D eigenvalue weighted by molar-refractivity contribution is 6.30. The summed E-state index contributed by atoms with van der Waals surface area (Å²) in [7, 11) is 0. The fourth-order valence-corrected chi connectivity index (χ4v) is 3.44. The molecule has 0 saturated heterocycles. The second-order valence-corrected chi connectivity index (χ2v) is 7.71. The number of hydrogen-bond donors (Lipinski definition) is 1. The molecule has 0 saturated carbocycles. The zero-order chi connectivity index (χ0) is 21.3. The number of benzene rings is 2. The smallest absolute Gasteiger partial charge is 0.145 e. The van der Waals surface area contributed by atoms with Crippen LogP contribution in [0.25, 0.3) is 0 Å². The Labute approximate surface area is 181 Å². The third kappa shape index (κ3) is 6.92. The quantitative estimate of drug-likeness (QED) is 0.430. The standard InChI is InChI=1S/C23H26ClFN2O3/c1-2-11-29-16-21(28)14-27(13-17-3-9-20(25)10-4-17)15-22-12-23(26-30-22)18-5-7-19(24)8-6-18/h2-10,21-22,28H,1,11-16H2. The SMILES string of the molecule is C=CCOCC(O)CN(Cc1ccc(F)cc1)CC1CC(c2ccc(Cl)cc2)=NO1. The molecule has 3 rings (SSSR count). The number of oxime groups is 1. The van der Waals surface area contributed by atoms with E-state index in [1.165, 1.54) is 12.1 Å². The van der Waals surface area contributed by atoms with Gasteiger partial charge in [-0.15, -0.1) is 6.58 Å². The third-order valence-corrected chi connectivity index (χ3v) is 4.96. The van der Waals surface area contributed by atoms with Gasteiger partial charge in [-0.2, -0.15) is 0 Å². The van der Waals surface area contributed by atoms with Crippen LogP contribution in [0.4, 0.5) is 4.39 Å². The first kappa shape index (κ1) is 22.4. The Morgan fingerprint density at radius 2 is 2.00 bits per heavy atom. The van der Waals surface area contributed by atoms with Gasteiger partial charge in [-0.05, 0) is 35.4 Å². The number of ether oxygens (including phenoxy) is 1. The summed E-state index contributed by atoms with van der Waals surface area (Å²) in [5, 5.41) is 15.3. The van der Waals surface area contributed by atoms with Crippen LogP contribution >= 0.6 is 11.6 Å². The molecule has 0 amide bonds. The number of halogens is 2. The molecule has 1 N–H and O–H groups in total. The van der Waals surface area contributed by atoms with Crippen molar-refractivity contribution in [2.45, 2.75) is 25.2 Å². The lowest BCUT2D eigenvalue weighted by Crippen LogP contribution is -2.39. The van der Waals surface area contributed by atoms with Crippen LogP contribution in [0.15, 0.2) is 66.3 Å². The van der Waals surface area contributed by atoms with Crippen LogP contribution in [0.1, 0.15) is 17.5 Å². The summed E-state index contributed by atoms with van der Waals surface area (Å²) in [6.45, 7) is 5.71. The monoisotopic (exact) mass is 432 g/mol. The van der Waals surface area contributed by atoms with Gasteiger partial charge in [0.1, 0.15) is 11.9 Å². The number of rotatable bonds is 11. The Bertz CT molecular complexity index is 843. The summed E-state index contributed by atoms with van der Waals surface area (Å²) in [5.74, 6) is -0.275. The van der Waals surface area contributed by atoms with Gasteiger partial charge >= 0.3 is 0 Å². The lowest BCUT2D eigenvalue weighted by molar-refractivity contribution is 0.00335. The van der Waals surface area contributed by atoms with Gasteiger partial charge in [-0.25, -0.2) is 4.39 Å². The average Bonchev–Trinajstić information content (AvgIpc) is 3.19. The minimum atomic E-state index is -0.663. The van der Waals surface area contributed by atoms with Crippen molar-refractivity contribution >= 4 is 17.3 Å². The van der Waals surface area contributed by atoms with Gasteiger partial charge < -0.3 is 14.7 Å². The Hall–Kier alpha value is -2.25. The van der Waals surface area contributed by atoms with Gasteiger partial charge in [0.05, 0.1) is 25.0 Å². The van der Waals surface area contributed by atoms with Crippen molar-refractivity contribution in [2.75, 3.05) is 26.3 Å². The fraction of sp³-hybridized carbons (Fsp3) is 0.348. The summed E-state index contributed by atoms with van der Waals surface area (Å²) in [6.07, 6.45) is 1.50. The van der Waals surface area contributed by atoms with Crippen molar-refractivity contribution in [1.29, 1.82) is 0 Å². The molecule has 0 spiro atoms. The maximum absolute atomic E-state index is 13.2. The summed E-state index contributed by atoms with van der Waals surface area (Å²) < 4.78 is 18.6. The molecule has 0 fully saturated rings. The van der Waals surface area contributed by atoms with Crippen molar-refractivity contribution < 1.29 is 19.1 Å². The highest BCUT2D eigenvalue weighted by Gasteiger charge is 2.25. The van der Waals surface area contributed by atoms with Gasteiger partial charge in [0.25, 0.3) is 0 Å². The van der Waals surface area contributed by atoms with E-state index in [1.807, 2.05) is 24.3 Å². The number of nitrogens with zero attached hydrogens (tertiary/aromatic N) is 2. The summed E-state index contributed by atoms with van der Waals surface area (Å²) in [5.41, 5.74) is 2.80. The highest BCUT2D eigenvalue weighted by atomic mass is 35.5.